The van der Waals surface area contributed by atoms with Crippen LogP contribution in [0.15, 0.2) is 24.3 Å². The molecule has 3 aliphatic rings. The topological polar surface area (TPSA) is 69.7 Å². The summed E-state index contributed by atoms with van der Waals surface area (Å²) in [6.07, 6.45) is 4.91. The Morgan fingerprint density at radius 1 is 1.04 bits per heavy atom. The zero-order valence-electron chi connectivity index (χ0n) is 13.6. The van der Waals surface area contributed by atoms with E-state index in [9.17, 15) is 13.2 Å². The van der Waals surface area contributed by atoms with Crippen LogP contribution >= 0.6 is 0 Å². The first-order chi connectivity index (χ1) is 11.6. The number of benzene rings is 1. The molecule has 1 N–H and O–H groups in total. The highest BCUT2D eigenvalue weighted by Gasteiger charge is 2.43. The molecule has 2 bridgehead atoms. The largest absolute Gasteiger partial charge is 0.330 e. The van der Waals surface area contributed by atoms with Crippen molar-refractivity contribution in [1.82, 2.24) is 9.80 Å². The zero-order valence-corrected chi connectivity index (χ0v) is 14.5. The van der Waals surface area contributed by atoms with E-state index in [2.05, 4.69) is 14.5 Å². The molecule has 1 saturated carbocycles. The molecule has 7 heteroatoms. The summed E-state index contributed by atoms with van der Waals surface area (Å²) in [5.74, 6) is 0.964. The number of hydrogen-bond donors (Lipinski definition) is 2. The lowest BCUT2D eigenvalue weighted by Crippen LogP contribution is -2.56. The summed E-state index contributed by atoms with van der Waals surface area (Å²) in [5.41, 5.74) is 1.12. The molecule has 4 rings (SSSR count). The molecule has 2 atom stereocenters. The van der Waals surface area contributed by atoms with Crippen LogP contribution in [0.5, 0.6) is 0 Å². The SMILES string of the molecule is O=C(c1ccc(N[SH](=O)=O)cc1)N1C2CCC1CN(CC1CC1)C2. The smallest absolute Gasteiger partial charge is 0.254 e. The van der Waals surface area contributed by atoms with E-state index in [-0.39, 0.29) is 5.91 Å². The molecule has 2 saturated heterocycles. The summed E-state index contributed by atoms with van der Waals surface area (Å²) in [4.78, 5) is 17.5. The normalized spacial score (nSPS) is 26.8. The van der Waals surface area contributed by atoms with Crippen molar-refractivity contribution in [2.24, 2.45) is 5.92 Å². The fraction of sp³-hybridized carbons (Fsp3) is 0.588. The van der Waals surface area contributed by atoms with Gasteiger partial charge >= 0.3 is 0 Å². The van der Waals surface area contributed by atoms with Crippen LogP contribution in [-0.4, -0.2) is 55.8 Å². The highest BCUT2D eigenvalue weighted by Crippen LogP contribution is 2.35. The second kappa shape index (κ2) is 6.37. The average molecular weight is 349 g/mol. The van der Waals surface area contributed by atoms with Gasteiger partial charge in [0.2, 0.25) is 10.9 Å². The summed E-state index contributed by atoms with van der Waals surface area (Å²) in [6, 6.07) is 7.35. The quantitative estimate of drug-likeness (QED) is 0.787. The maximum Gasteiger partial charge on any atom is 0.254 e. The standard InChI is InChI=1S/C17H23N3O3S/c21-17(13-3-5-14(6-4-13)18-24(22)23)20-15-7-8-16(20)11-19(10-15)9-12-1-2-12/h3-6,12,15-16,24H,1-2,7-11H2,(H,18,22,23). The molecule has 0 spiro atoms. The first kappa shape index (κ1) is 15.9. The summed E-state index contributed by atoms with van der Waals surface area (Å²) >= 11 is 0. The molecule has 2 heterocycles. The molecule has 2 aliphatic heterocycles. The number of nitrogens with zero attached hydrogens (tertiary/aromatic N) is 2. The van der Waals surface area contributed by atoms with Crippen LogP contribution in [0.25, 0.3) is 0 Å². The average Bonchev–Trinajstić information content (AvgIpc) is 3.31. The van der Waals surface area contributed by atoms with Gasteiger partial charge in [-0.15, -0.1) is 0 Å². The Labute approximate surface area is 143 Å². The molecule has 1 aromatic carbocycles. The van der Waals surface area contributed by atoms with Crippen LogP contribution in [0.3, 0.4) is 0 Å². The van der Waals surface area contributed by atoms with E-state index < -0.39 is 10.9 Å². The predicted octanol–water partition coefficient (Wildman–Crippen LogP) is 1.32. The highest BCUT2D eigenvalue weighted by molar-refractivity contribution is 7.73. The minimum atomic E-state index is -2.68. The Hall–Kier alpha value is -1.60. The lowest BCUT2D eigenvalue weighted by atomic mass is 10.1. The third-order valence-electron chi connectivity index (χ3n) is 5.36. The first-order valence-electron chi connectivity index (χ1n) is 8.66. The van der Waals surface area contributed by atoms with Crippen LogP contribution in [0.4, 0.5) is 5.69 Å². The van der Waals surface area contributed by atoms with E-state index in [1.54, 1.807) is 24.3 Å². The molecule has 24 heavy (non-hydrogen) atoms. The number of hydrogen-bond acceptors (Lipinski definition) is 4. The third-order valence-corrected chi connectivity index (χ3v) is 5.80. The van der Waals surface area contributed by atoms with Crippen LogP contribution in [-0.2, 0) is 10.9 Å². The van der Waals surface area contributed by atoms with Crippen LogP contribution in [0.1, 0.15) is 36.0 Å². The summed E-state index contributed by atoms with van der Waals surface area (Å²) in [7, 11) is -2.68. The van der Waals surface area contributed by atoms with E-state index in [0.717, 1.165) is 31.8 Å². The number of thiol groups is 1. The lowest BCUT2D eigenvalue weighted by molar-refractivity contribution is 0.0412. The van der Waals surface area contributed by atoms with Crippen molar-refractivity contribution in [2.45, 2.75) is 37.8 Å². The maximum atomic E-state index is 12.9. The summed E-state index contributed by atoms with van der Waals surface area (Å²) in [5, 5.41) is 0. The monoisotopic (exact) mass is 349 g/mol. The van der Waals surface area contributed by atoms with Crippen molar-refractivity contribution in [1.29, 1.82) is 0 Å². The Morgan fingerprint density at radius 2 is 1.67 bits per heavy atom. The number of nitrogens with one attached hydrogen (secondary N) is 1. The Morgan fingerprint density at radius 3 is 2.21 bits per heavy atom. The van der Waals surface area contributed by atoms with Gasteiger partial charge in [0.1, 0.15) is 0 Å². The number of likely N-dealkylation sites (tertiary alicyclic amines) is 1. The van der Waals surface area contributed by atoms with Crippen molar-refractivity contribution in [2.75, 3.05) is 24.4 Å². The van der Waals surface area contributed by atoms with Gasteiger partial charge in [0, 0.05) is 43.0 Å². The molecule has 3 fully saturated rings. The van der Waals surface area contributed by atoms with E-state index in [0.29, 0.717) is 23.3 Å². The highest BCUT2D eigenvalue weighted by atomic mass is 32.2. The van der Waals surface area contributed by atoms with Gasteiger partial charge in [-0.05, 0) is 55.9 Å². The number of amides is 1. The van der Waals surface area contributed by atoms with Crippen molar-refractivity contribution >= 4 is 22.5 Å². The zero-order chi connectivity index (χ0) is 16.7. The number of carbonyl (C=O) groups is 1. The van der Waals surface area contributed by atoms with Crippen molar-refractivity contribution < 1.29 is 13.2 Å². The number of carbonyl (C=O) groups excluding carboxylic acids is 1. The molecule has 2 unspecified atom stereocenters. The van der Waals surface area contributed by atoms with Gasteiger partial charge in [0.15, 0.2) is 0 Å². The van der Waals surface area contributed by atoms with Gasteiger partial charge in [-0.3, -0.25) is 14.4 Å². The first-order valence-corrected chi connectivity index (χ1v) is 9.84. The number of fused-ring (bicyclic) bond motifs is 2. The van der Waals surface area contributed by atoms with Crippen LogP contribution < -0.4 is 4.72 Å². The summed E-state index contributed by atoms with van der Waals surface area (Å²) in [6.45, 7) is 3.19. The number of rotatable bonds is 5. The molecular formula is C17H23N3O3S. The van der Waals surface area contributed by atoms with E-state index in [4.69, 9.17) is 0 Å². The molecule has 0 radical (unpaired) electrons. The Bertz CT molecular complexity index is 678. The molecule has 1 aliphatic carbocycles. The van der Waals surface area contributed by atoms with Gasteiger partial charge in [-0.25, -0.2) is 8.42 Å². The molecule has 0 aromatic heterocycles. The van der Waals surface area contributed by atoms with Crippen LogP contribution in [0, 0.1) is 5.92 Å². The predicted molar refractivity (Wildman–Crippen MR) is 92.5 cm³/mol. The molecule has 130 valence electrons. The van der Waals surface area contributed by atoms with Crippen molar-refractivity contribution in [3.05, 3.63) is 29.8 Å². The fourth-order valence-corrected chi connectivity index (χ4v) is 4.44. The minimum Gasteiger partial charge on any atom is -0.330 e. The Kier molecular flexibility index (Phi) is 4.22. The second-order valence-electron chi connectivity index (χ2n) is 7.21. The van der Waals surface area contributed by atoms with Gasteiger partial charge < -0.3 is 4.90 Å². The second-order valence-corrected chi connectivity index (χ2v) is 7.94. The van der Waals surface area contributed by atoms with E-state index in [1.165, 1.54) is 19.4 Å². The van der Waals surface area contributed by atoms with E-state index >= 15 is 0 Å². The summed E-state index contributed by atoms with van der Waals surface area (Å²) < 4.78 is 23.7. The third kappa shape index (κ3) is 3.28. The van der Waals surface area contributed by atoms with Gasteiger partial charge in [-0.2, -0.15) is 0 Å². The molecule has 1 aromatic rings. The fourth-order valence-electron chi connectivity index (χ4n) is 4.08. The minimum absolute atomic E-state index is 0.0756. The van der Waals surface area contributed by atoms with Gasteiger partial charge in [-0.1, -0.05) is 0 Å². The van der Waals surface area contributed by atoms with E-state index in [1.807, 2.05) is 0 Å². The van der Waals surface area contributed by atoms with Crippen molar-refractivity contribution in [3.8, 4) is 0 Å². The number of anilines is 1. The maximum absolute atomic E-state index is 12.9. The van der Waals surface area contributed by atoms with Gasteiger partial charge in [0.25, 0.3) is 5.91 Å². The molecular weight excluding hydrogens is 326 g/mol. The molecule has 6 nitrogen and oxygen atoms in total. The number of piperazine rings is 1. The lowest BCUT2D eigenvalue weighted by Gasteiger charge is -2.41. The van der Waals surface area contributed by atoms with Gasteiger partial charge in [0.05, 0.1) is 0 Å². The van der Waals surface area contributed by atoms with Crippen LogP contribution in [0.2, 0.25) is 0 Å². The molecule has 1 amide bonds. The Balaban J connectivity index is 1.44. The van der Waals surface area contributed by atoms with Crippen molar-refractivity contribution in [3.63, 3.8) is 0 Å².